The van der Waals surface area contributed by atoms with Gasteiger partial charge in [-0.1, -0.05) is 41.4 Å². The summed E-state index contributed by atoms with van der Waals surface area (Å²) in [6.45, 7) is 2.10. The Hall–Kier alpha value is -0.790. The highest BCUT2D eigenvalue weighted by molar-refractivity contribution is 6.32. The summed E-state index contributed by atoms with van der Waals surface area (Å²) in [6, 6.07) is 7.95. The van der Waals surface area contributed by atoms with Gasteiger partial charge in [-0.3, -0.25) is 0 Å². The monoisotopic (exact) mass is 193 g/mol. The first-order valence-corrected chi connectivity index (χ1v) is 4.89. The minimum atomic E-state index is 0.835. The normalized spacial score (nSPS) is 19.6. The summed E-state index contributed by atoms with van der Waals surface area (Å²) in [7, 11) is 0. The van der Waals surface area contributed by atoms with Crippen molar-refractivity contribution in [3.05, 3.63) is 40.4 Å². The lowest BCUT2D eigenvalue weighted by Gasteiger charge is -1.98. The molecule has 0 saturated carbocycles. The van der Waals surface area contributed by atoms with Gasteiger partial charge in [0.2, 0.25) is 0 Å². The summed E-state index contributed by atoms with van der Waals surface area (Å²) >= 11 is 6.04. The van der Waals surface area contributed by atoms with Gasteiger partial charge in [0.05, 0.1) is 0 Å². The third kappa shape index (κ3) is 2.11. The van der Waals surface area contributed by atoms with Crippen molar-refractivity contribution in [1.29, 1.82) is 0 Å². The smallest absolute Gasteiger partial charge is 0.0478 e. The van der Waals surface area contributed by atoms with Crippen LogP contribution in [0, 0.1) is 0 Å². The van der Waals surface area contributed by atoms with Crippen molar-refractivity contribution in [2.45, 2.75) is 6.42 Å². The zero-order chi connectivity index (χ0) is 9.10. The van der Waals surface area contributed by atoms with Gasteiger partial charge in [0.25, 0.3) is 0 Å². The molecule has 0 amide bonds. The van der Waals surface area contributed by atoms with E-state index >= 15 is 0 Å². The number of nitrogens with one attached hydrogen (secondary N) is 1. The molecule has 68 valence electrons. The first kappa shape index (κ1) is 8.79. The van der Waals surface area contributed by atoms with Crippen LogP contribution in [-0.4, -0.2) is 13.1 Å². The molecule has 1 aliphatic rings. The highest BCUT2D eigenvalue weighted by Crippen LogP contribution is 2.19. The van der Waals surface area contributed by atoms with Crippen LogP contribution in [0.15, 0.2) is 29.8 Å². The third-order valence-corrected chi connectivity index (χ3v) is 2.58. The van der Waals surface area contributed by atoms with Gasteiger partial charge in [-0.05, 0) is 24.6 Å². The molecule has 1 aromatic rings. The van der Waals surface area contributed by atoms with E-state index in [1.807, 2.05) is 24.3 Å². The highest BCUT2D eigenvalue weighted by Gasteiger charge is 2.05. The lowest BCUT2D eigenvalue weighted by molar-refractivity contribution is 0.862. The number of hydrogen-bond donors (Lipinski definition) is 1. The molecule has 0 radical (unpaired) electrons. The zero-order valence-corrected chi connectivity index (χ0v) is 8.14. The maximum atomic E-state index is 6.04. The standard InChI is InChI=1S/C11H12ClN/c12-11-4-2-1-3-10(11)7-9-5-6-13-8-9/h1-4,7,13H,5-6,8H2. The molecule has 1 heterocycles. The van der Waals surface area contributed by atoms with Gasteiger partial charge in [-0.2, -0.15) is 0 Å². The molecule has 1 saturated heterocycles. The Morgan fingerprint density at radius 2 is 2.15 bits per heavy atom. The molecule has 1 fully saturated rings. The molecule has 1 N–H and O–H groups in total. The van der Waals surface area contributed by atoms with Gasteiger partial charge in [-0.25, -0.2) is 0 Å². The average Bonchev–Trinajstić information content (AvgIpc) is 2.61. The summed E-state index contributed by atoms with van der Waals surface area (Å²) in [6.07, 6.45) is 3.33. The fourth-order valence-electron chi connectivity index (χ4n) is 1.52. The molecule has 2 rings (SSSR count). The van der Waals surface area contributed by atoms with E-state index in [1.165, 1.54) is 5.57 Å². The molecule has 1 nitrogen and oxygen atoms in total. The first-order chi connectivity index (χ1) is 6.36. The van der Waals surface area contributed by atoms with E-state index in [4.69, 9.17) is 11.6 Å². The largest absolute Gasteiger partial charge is 0.313 e. The second kappa shape index (κ2) is 3.95. The molecule has 0 unspecified atom stereocenters. The quantitative estimate of drug-likeness (QED) is 0.723. The predicted molar refractivity (Wildman–Crippen MR) is 56.9 cm³/mol. The average molecular weight is 194 g/mol. The predicted octanol–water partition coefficient (Wildman–Crippen LogP) is 2.72. The van der Waals surface area contributed by atoms with Crippen molar-refractivity contribution in [3.8, 4) is 0 Å². The minimum Gasteiger partial charge on any atom is -0.313 e. The van der Waals surface area contributed by atoms with Crippen LogP contribution < -0.4 is 5.32 Å². The molecule has 1 aromatic carbocycles. The Labute approximate surface area is 83.4 Å². The van der Waals surface area contributed by atoms with E-state index < -0.39 is 0 Å². The second-order valence-electron chi connectivity index (χ2n) is 3.25. The molecule has 0 spiro atoms. The van der Waals surface area contributed by atoms with Crippen LogP contribution in [0.2, 0.25) is 5.02 Å². The summed E-state index contributed by atoms with van der Waals surface area (Å²) < 4.78 is 0. The van der Waals surface area contributed by atoms with Crippen LogP contribution in [0.5, 0.6) is 0 Å². The van der Waals surface area contributed by atoms with Gasteiger partial charge in [0, 0.05) is 11.6 Å². The molecule has 0 aromatic heterocycles. The SMILES string of the molecule is Clc1ccccc1C=C1CCNC1. The lowest BCUT2D eigenvalue weighted by atomic mass is 10.1. The van der Waals surface area contributed by atoms with Crippen LogP contribution in [0.25, 0.3) is 6.08 Å². The summed E-state index contributed by atoms with van der Waals surface area (Å²) in [5, 5.41) is 4.14. The van der Waals surface area contributed by atoms with Crippen LogP contribution in [0.1, 0.15) is 12.0 Å². The van der Waals surface area contributed by atoms with Gasteiger partial charge in [0.1, 0.15) is 0 Å². The first-order valence-electron chi connectivity index (χ1n) is 4.51. The van der Waals surface area contributed by atoms with Gasteiger partial charge < -0.3 is 5.32 Å². The fourth-order valence-corrected chi connectivity index (χ4v) is 1.71. The fraction of sp³-hybridized carbons (Fsp3) is 0.273. The van der Waals surface area contributed by atoms with Crippen molar-refractivity contribution < 1.29 is 0 Å². The number of halogens is 1. The van der Waals surface area contributed by atoms with Crippen molar-refractivity contribution in [2.75, 3.05) is 13.1 Å². The summed E-state index contributed by atoms with van der Waals surface area (Å²) in [4.78, 5) is 0. The summed E-state index contributed by atoms with van der Waals surface area (Å²) in [5.41, 5.74) is 2.57. The van der Waals surface area contributed by atoms with Crippen LogP contribution in [-0.2, 0) is 0 Å². The zero-order valence-electron chi connectivity index (χ0n) is 7.39. The second-order valence-corrected chi connectivity index (χ2v) is 3.66. The molecule has 1 aliphatic heterocycles. The summed E-state index contributed by atoms with van der Waals surface area (Å²) in [5.74, 6) is 0. The highest BCUT2D eigenvalue weighted by atomic mass is 35.5. The van der Waals surface area contributed by atoms with Crippen LogP contribution in [0.3, 0.4) is 0 Å². The molecule has 13 heavy (non-hydrogen) atoms. The van der Waals surface area contributed by atoms with E-state index in [0.29, 0.717) is 0 Å². The molecular formula is C11H12ClN. The third-order valence-electron chi connectivity index (χ3n) is 2.24. The van der Waals surface area contributed by atoms with Crippen molar-refractivity contribution in [3.63, 3.8) is 0 Å². The molecule has 0 bridgehead atoms. The van der Waals surface area contributed by atoms with E-state index in [9.17, 15) is 0 Å². The maximum Gasteiger partial charge on any atom is 0.0478 e. The van der Waals surface area contributed by atoms with E-state index in [2.05, 4.69) is 11.4 Å². The minimum absolute atomic E-state index is 0.835. The van der Waals surface area contributed by atoms with Gasteiger partial charge >= 0.3 is 0 Å². The van der Waals surface area contributed by atoms with Crippen LogP contribution >= 0.6 is 11.6 Å². The Morgan fingerprint density at radius 3 is 2.85 bits per heavy atom. The van der Waals surface area contributed by atoms with E-state index in [-0.39, 0.29) is 0 Å². The Bertz CT molecular complexity index is 323. The van der Waals surface area contributed by atoms with Crippen molar-refractivity contribution >= 4 is 17.7 Å². The topological polar surface area (TPSA) is 12.0 Å². The molecule has 0 atom stereocenters. The van der Waals surface area contributed by atoms with Crippen molar-refractivity contribution in [1.82, 2.24) is 5.32 Å². The molecule has 0 aliphatic carbocycles. The molecular weight excluding hydrogens is 182 g/mol. The van der Waals surface area contributed by atoms with Crippen LogP contribution in [0.4, 0.5) is 0 Å². The number of hydrogen-bond acceptors (Lipinski definition) is 1. The Balaban J connectivity index is 2.25. The lowest BCUT2D eigenvalue weighted by Crippen LogP contribution is -2.04. The van der Waals surface area contributed by atoms with Crippen molar-refractivity contribution in [2.24, 2.45) is 0 Å². The van der Waals surface area contributed by atoms with Gasteiger partial charge in [0.15, 0.2) is 0 Å². The van der Waals surface area contributed by atoms with E-state index in [0.717, 1.165) is 30.1 Å². The molecule has 2 heteroatoms. The number of benzene rings is 1. The number of rotatable bonds is 1. The van der Waals surface area contributed by atoms with E-state index in [1.54, 1.807) is 0 Å². The Kier molecular flexibility index (Phi) is 2.67. The maximum absolute atomic E-state index is 6.04. The Morgan fingerprint density at radius 1 is 1.31 bits per heavy atom. The van der Waals surface area contributed by atoms with Gasteiger partial charge in [-0.15, -0.1) is 0 Å².